The van der Waals surface area contributed by atoms with Crippen LogP contribution in [0.2, 0.25) is 0 Å². The SMILES string of the molecule is CC[C@@]1(c2ccccc2)NC(=O)N(NC(=O)COC(=O)c2ccsc2)C1=O. The number of ether oxygens (including phenoxy) is 1. The molecule has 1 atom stereocenters. The number of urea groups is 1. The quantitative estimate of drug-likeness (QED) is 0.581. The molecule has 1 aliphatic heterocycles. The number of nitrogens with one attached hydrogen (secondary N) is 2. The summed E-state index contributed by atoms with van der Waals surface area (Å²) in [7, 11) is 0. The van der Waals surface area contributed by atoms with Gasteiger partial charge in [0.05, 0.1) is 5.56 Å². The van der Waals surface area contributed by atoms with Gasteiger partial charge in [0.2, 0.25) is 0 Å². The first kappa shape index (κ1) is 18.6. The van der Waals surface area contributed by atoms with Gasteiger partial charge in [-0.05, 0) is 23.4 Å². The van der Waals surface area contributed by atoms with Crippen molar-refractivity contribution >= 4 is 35.2 Å². The Morgan fingerprint density at radius 2 is 1.96 bits per heavy atom. The first-order chi connectivity index (χ1) is 13.0. The van der Waals surface area contributed by atoms with Gasteiger partial charge in [0, 0.05) is 5.38 Å². The van der Waals surface area contributed by atoms with Crippen molar-refractivity contribution in [3.05, 3.63) is 58.3 Å². The zero-order valence-electron chi connectivity index (χ0n) is 14.4. The molecule has 3 rings (SSSR count). The number of carbonyl (C=O) groups is 4. The van der Waals surface area contributed by atoms with Crippen LogP contribution in [0.5, 0.6) is 0 Å². The maximum absolute atomic E-state index is 12.9. The van der Waals surface area contributed by atoms with Gasteiger partial charge in [0.1, 0.15) is 5.54 Å². The van der Waals surface area contributed by atoms with Crippen LogP contribution in [0.4, 0.5) is 4.79 Å². The van der Waals surface area contributed by atoms with Crippen molar-refractivity contribution in [3.63, 3.8) is 0 Å². The average molecular weight is 387 g/mol. The lowest BCUT2D eigenvalue weighted by Crippen LogP contribution is -2.49. The first-order valence-electron chi connectivity index (χ1n) is 8.19. The summed E-state index contributed by atoms with van der Waals surface area (Å²) in [6.07, 6.45) is 0.307. The van der Waals surface area contributed by atoms with Gasteiger partial charge in [-0.3, -0.25) is 15.0 Å². The number of imide groups is 1. The first-order valence-corrected chi connectivity index (χ1v) is 9.13. The summed E-state index contributed by atoms with van der Waals surface area (Å²) in [6.45, 7) is 1.15. The van der Waals surface area contributed by atoms with E-state index in [4.69, 9.17) is 4.74 Å². The van der Waals surface area contributed by atoms with Crippen molar-refractivity contribution in [1.29, 1.82) is 0 Å². The van der Waals surface area contributed by atoms with Crippen molar-refractivity contribution in [1.82, 2.24) is 15.8 Å². The van der Waals surface area contributed by atoms with Gasteiger partial charge in [-0.15, -0.1) is 0 Å². The smallest absolute Gasteiger partial charge is 0.344 e. The average Bonchev–Trinajstić information content (AvgIpc) is 3.30. The summed E-state index contributed by atoms with van der Waals surface area (Å²) in [4.78, 5) is 48.9. The second kappa shape index (κ2) is 7.58. The van der Waals surface area contributed by atoms with Gasteiger partial charge in [-0.1, -0.05) is 37.3 Å². The van der Waals surface area contributed by atoms with Gasteiger partial charge in [-0.2, -0.15) is 16.3 Å². The fourth-order valence-corrected chi connectivity index (χ4v) is 3.42. The third-order valence-electron chi connectivity index (χ3n) is 4.22. The fraction of sp³-hybridized carbons (Fsp3) is 0.222. The van der Waals surface area contributed by atoms with Crippen molar-refractivity contribution in [2.75, 3.05) is 6.61 Å². The highest BCUT2D eigenvalue weighted by Crippen LogP contribution is 2.31. The summed E-state index contributed by atoms with van der Waals surface area (Å²) in [5.41, 5.74) is 1.89. The number of esters is 1. The monoisotopic (exact) mass is 387 g/mol. The lowest BCUT2D eigenvalue weighted by atomic mass is 9.87. The minimum absolute atomic E-state index is 0.307. The van der Waals surface area contributed by atoms with E-state index in [0.29, 0.717) is 22.6 Å². The van der Waals surface area contributed by atoms with Gasteiger partial charge in [-0.25, -0.2) is 9.59 Å². The summed E-state index contributed by atoms with van der Waals surface area (Å²) in [5.74, 6) is -2.04. The van der Waals surface area contributed by atoms with Crippen molar-refractivity contribution in [2.45, 2.75) is 18.9 Å². The Labute approximate surface area is 159 Å². The van der Waals surface area contributed by atoms with Crippen LogP contribution in [-0.4, -0.2) is 35.4 Å². The number of hydrogen-bond donors (Lipinski definition) is 2. The van der Waals surface area contributed by atoms with Gasteiger partial charge in [0.25, 0.3) is 11.8 Å². The highest BCUT2D eigenvalue weighted by Gasteiger charge is 2.52. The summed E-state index contributed by atoms with van der Waals surface area (Å²) < 4.78 is 4.88. The summed E-state index contributed by atoms with van der Waals surface area (Å²) in [5, 5.41) is 6.56. The Hall–Kier alpha value is -3.20. The van der Waals surface area contributed by atoms with Gasteiger partial charge < -0.3 is 10.1 Å². The van der Waals surface area contributed by atoms with Crippen LogP contribution in [0, 0.1) is 0 Å². The number of thiophene rings is 1. The Kier molecular flexibility index (Phi) is 5.22. The zero-order chi connectivity index (χ0) is 19.4. The topological polar surface area (TPSA) is 105 Å². The number of benzene rings is 1. The number of hydrogen-bond acceptors (Lipinski definition) is 6. The minimum Gasteiger partial charge on any atom is -0.452 e. The van der Waals surface area contributed by atoms with E-state index >= 15 is 0 Å². The number of rotatable bonds is 6. The van der Waals surface area contributed by atoms with E-state index in [1.807, 2.05) is 0 Å². The molecule has 0 unspecified atom stereocenters. The maximum atomic E-state index is 12.9. The third kappa shape index (κ3) is 3.54. The van der Waals surface area contributed by atoms with Crippen LogP contribution in [0.1, 0.15) is 29.3 Å². The minimum atomic E-state index is -1.25. The third-order valence-corrected chi connectivity index (χ3v) is 4.90. The molecule has 1 aromatic carbocycles. The Morgan fingerprint density at radius 1 is 1.22 bits per heavy atom. The zero-order valence-corrected chi connectivity index (χ0v) is 15.2. The molecule has 0 aliphatic carbocycles. The molecule has 1 aliphatic rings. The summed E-state index contributed by atoms with van der Waals surface area (Å²) in [6, 6.07) is 9.61. The Balaban J connectivity index is 1.66. The molecule has 2 heterocycles. The molecule has 8 nitrogen and oxygen atoms in total. The lowest BCUT2D eigenvalue weighted by molar-refractivity contribution is -0.140. The van der Waals surface area contributed by atoms with Crippen LogP contribution in [0.25, 0.3) is 0 Å². The van der Waals surface area contributed by atoms with Crippen LogP contribution in [-0.2, 0) is 19.9 Å². The molecule has 0 spiro atoms. The molecule has 0 saturated carbocycles. The second-order valence-electron chi connectivity index (χ2n) is 5.82. The van der Waals surface area contributed by atoms with Crippen molar-refractivity contribution in [2.24, 2.45) is 0 Å². The molecule has 2 aromatic rings. The molecule has 9 heteroatoms. The predicted molar refractivity (Wildman–Crippen MR) is 96.5 cm³/mol. The van der Waals surface area contributed by atoms with Crippen LogP contribution in [0.3, 0.4) is 0 Å². The highest BCUT2D eigenvalue weighted by atomic mass is 32.1. The lowest BCUT2D eigenvalue weighted by Gasteiger charge is -2.25. The van der Waals surface area contributed by atoms with Crippen molar-refractivity contribution in [3.8, 4) is 0 Å². The molecule has 1 saturated heterocycles. The number of amides is 4. The number of carbonyl (C=O) groups excluding carboxylic acids is 4. The van der Waals surface area contributed by atoms with E-state index in [1.54, 1.807) is 54.1 Å². The molecule has 0 bridgehead atoms. The number of hydrazine groups is 1. The Bertz CT molecular complexity index is 868. The van der Waals surface area contributed by atoms with Gasteiger partial charge in [0.15, 0.2) is 6.61 Å². The van der Waals surface area contributed by atoms with E-state index in [9.17, 15) is 19.2 Å². The number of nitrogens with zero attached hydrogens (tertiary/aromatic N) is 1. The molecule has 1 aromatic heterocycles. The highest BCUT2D eigenvalue weighted by molar-refractivity contribution is 7.08. The van der Waals surface area contributed by atoms with Crippen LogP contribution >= 0.6 is 11.3 Å². The molecule has 27 heavy (non-hydrogen) atoms. The van der Waals surface area contributed by atoms with Gasteiger partial charge >= 0.3 is 12.0 Å². The van der Waals surface area contributed by atoms with E-state index in [0.717, 1.165) is 0 Å². The molecule has 140 valence electrons. The van der Waals surface area contributed by atoms with Crippen molar-refractivity contribution < 1.29 is 23.9 Å². The molecular weight excluding hydrogens is 370 g/mol. The van der Waals surface area contributed by atoms with E-state index in [1.165, 1.54) is 11.3 Å². The molecular formula is C18H17N3O5S. The molecule has 4 amide bonds. The Morgan fingerprint density at radius 3 is 2.59 bits per heavy atom. The standard InChI is InChI=1S/C18H17N3O5S/c1-2-18(13-6-4-3-5-7-13)16(24)21(17(25)19-18)20-14(22)10-26-15(23)12-8-9-27-11-12/h3-9,11H,2,10H2,1H3,(H,19,25)(H,20,22)/t18-/m0/s1. The normalized spacial score (nSPS) is 18.9. The van der Waals surface area contributed by atoms with Crippen LogP contribution in [0.15, 0.2) is 47.2 Å². The molecule has 0 radical (unpaired) electrons. The predicted octanol–water partition coefficient (Wildman–Crippen LogP) is 1.79. The maximum Gasteiger partial charge on any atom is 0.344 e. The molecule has 2 N–H and O–H groups in total. The fourth-order valence-electron chi connectivity index (χ4n) is 2.79. The van der Waals surface area contributed by atoms with E-state index in [2.05, 4.69) is 10.7 Å². The second-order valence-corrected chi connectivity index (χ2v) is 6.60. The summed E-state index contributed by atoms with van der Waals surface area (Å²) >= 11 is 1.32. The largest absolute Gasteiger partial charge is 0.452 e. The van der Waals surface area contributed by atoms with E-state index < -0.39 is 36.0 Å². The molecule has 1 fully saturated rings. The van der Waals surface area contributed by atoms with Crippen LogP contribution < -0.4 is 10.7 Å². The van der Waals surface area contributed by atoms with E-state index in [-0.39, 0.29) is 0 Å².